The highest BCUT2D eigenvalue weighted by Gasteiger charge is 2.30. The van der Waals surface area contributed by atoms with Crippen molar-refractivity contribution in [1.82, 2.24) is 24.5 Å². The number of amides is 1. The number of pyridine rings is 2. The molecule has 0 radical (unpaired) electrons. The molecule has 0 aliphatic carbocycles. The number of fused-ring (bicyclic) bond motifs is 1. The molecule has 138 valence electrons. The van der Waals surface area contributed by atoms with Gasteiger partial charge in [-0.25, -0.2) is 9.50 Å². The Morgan fingerprint density at radius 2 is 1.89 bits per heavy atom. The number of hydrogen-bond acceptors (Lipinski definition) is 4. The van der Waals surface area contributed by atoms with E-state index in [0.717, 1.165) is 41.1 Å². The lowest BCUT2D eigenvalue weighted by atomic mass is 10.1. The smallest absolute Gasteiger partial charge is 0.253 e. The van der Waals surface area contributed by atoms with Crippen molar-refractivity contribution >= 4 is 11.6 Å². The van der Waals surface area contributed by atoms with Crippen molar-refractivity contribution in [1.29, 1.82) is 0 Å². The maximum absolute atomic E-state index is 12.7. The van der Waals surface area contributed by atoms with Gasteiger partial charge in [-0.2, -0.15) is 5.10 Å². The van der Waals surface area contributed by atoms with Crippen molar-refractivity contribution in [2.45, 2.75) is 12.3 Å². The number of hydrogen-bond donors (Lipinski definition) is 0. The summed E-state index contributed by atoms with van der Waals surface area (Å²) in [5, 5.41) is 4.69. The van der Waals surface area contributed by atoms with E-state index in [0.29, 0.717) is 6.54 Å². The number of likely N-dealkylation sites (tertiary alicyclic amines) is 1. The van der Waals surface area contributed by atoms with Crippen LogP contribution in [0.1, 0.15) is 28.5 Å². The Morgan fingerprint density at radius 3 is 2.71 bits per heavy atom. The van der Waals surface area contributed by atoms with Gasteiger partial charge in [0.2, 0.25) is 0 Å². The Bertz CT molecular complexity index is 1120. The van der Waals surface area contributed by atoms with Gasteiger partial charge in [0, 0.05) is 54.3 Å². The Labute approximate surface area is 162 Å². The van der Waals surface area contributed by atoms with Crippen LogP contribution in [0, 0.1) is 0 Å². The van der Waals surface area contributed by atoms with Crippen molar-refractivity contribution in [3.05, 3.63) is 84.6 Å². The third-order valence-corrected chi connectivity index (χ3v) is 5.20. The predicted octanol–water partition coefficient (Wildman–Crippen LogP) is 3.42. The summed E-state index contributed by atoms with van der Waals surface area (Å²) in [7, 11) is 0. The summed E-state index contributed by atoms with van der Waals surface area (Å²) in [6.45, 7) is 1.38. The van der Waals surface area contributed by atoms with Gasteiger partial charge in [0.1, 0.15) is 0 Å². The van der Waals surface area contributed by atoms with Gasteiger partial charge in [-0.05, 0) is 36.8 Å². The minimum absolute atomic E-state index is 0.0747. The van der Waals surface area contributed by atoms with Crippen LogP contribution in [0.25, 0.3) is 16.8 Å². The third-order valence-electron chi connectivity index (χ3n) is 5.20. The average molecular weight is 369 g/mol. The zero-order valence-electron chi connectivity index (χ0n) is 15.3. The maximum Gasteiger partial charge on any atom is 0.253 e. The molecule has 4 heterocycles. The molecule has 0 N–H and O–H groups in total. The summed E-state index contributed by atoms with van der Waals surface area (Å²) in [6, 6.07) is 17.4. The van der Waals surface area contributed by atoms with Crippen LogP contribution in [0.2, 0.25) is 0 Å². The summed E-state index contributed by atoms with van der Waals surface area (Å²) in [4.78, 5) is 23.4. The lowest BCUT2D eigenvalue weighted by molar-refractivity contribution is 0.0790. The molecule has 0 spiro atoms. The summed E-state index contributed by atoms with van der Waals surface area (Å²) in [6.07, 6.45) is 6.46. The van der Waals surface area contributed by atoms with E-state index in [-0.39, 0.29) is 11.8 Å². The minimum atomic E-state index is 0.0747. The average Bonchev–Trinajstić information content (AvgIpc) is 3.41. The topological polar surface area (TPSA) is 63.4 Å². The molecule has 0 bridgehead atoms. The first-order valence-electron chi connectivity index (χ1n) is 9.39. The fourth-order valence-corrected chi connectivity index (χ4v) is 3.70. The SMILES string of the molecule is O=C(c1ccccc1)N1CC[C@H](c2nc3ccc(-c4cccnc4)cn3n2)C1. The second-order valence-corrected chi connectivity index (χ2v) is 7.04. The number of carbonyl (C=O) groups excluding carboxylic acids is 1. The zero-order valence-corrected chi connectivity index (χ0v) is 15.3. The molecule has 1 fully saturated rings. The van der Waals surface area contributed by atoms with Crippen molar-refractivity contribution in [2.24, 2.45) is 0 Å². The van der Waals surface area contributed by atoms with Gasteiger partial charge in [0.05, 0.1) is 0 Å². The predicted molar refractivity (Wildman–Crippen MR) is 106 cm³/mol. The van der Waals surface area contributed by atoms with Gasteiger partial charge in [0.15, 0.2) is 11.5 Å². The highest BCUT2D eigenvalue weighted by Crippen LogP contribution is 2.27. The molecule has 6 nitrogen and oxygen atoms in total. The molecule has 1 saturated heterocycles. The van der Waals surface area contributed by atoms with Gasteiger partial charge in [0.25, 0.3) is 5.91 Å². The van der Waals surface area contributed by atoms with Crippen molar-refractivity contribution in [3.63, 3.8) is 0 Å². The zero-order chi connectivity index (χ0) is 18.9. The van der Waals surface area contributed by atoms with E-state index in [9.17, 15) is 4.79 Å². The lowest BCUT2D eigenvalue weighted by Crippen LogP contribution is -2.28. The second-order valence-electron chi connectivity index (χ2n) is 7.04. The Morgan fingerprint density at radius 1 is 1.00 bits per heavy atom. The van der Waals surface area contributed by atoms with Crippen LogP contribution in [0.15, 0.2) is 73.2 Å². The Hall–Kier alpha value is -3.54. The number of nitrogens with zero attached hydrogens (tertiary/aromatic N) is 5. The molecule has 5 rings (SSSR count). The normalized spacial score (nSPS) is 16.6. The third kappa shape index (κ3) is 3.03. The standard InChI is InChI=1S/C22H19N5O/c28-22(16-5-2-1-3-6-16)26-12-10-19(14-26)21-24-20-9-8-18(15-27(20)25-21)17-7-4-11-23-13-17/h1-9,11,13,15,19H,10,12,14H2/t19-/m0/s1. The summed E-state index contributed by atoms with van der Waals surface area (Å²) < 4.78 is 1.82. The van der Waals surface area contributed by atoms with E-state index in [1.807, 2.05) is 76.4 Å². The summed E-state index contributed by atoms with van der Waals surface area (Å²) in [5.41, 5.74) is 3.63. The molecule has 1 aliphatic rings. The number of benzene rings is 1. The fraction of sp³-hybridized carbons (Fsp3) is 0.182. The van der Waals surface area contributed by atoms with E-state index in [4.69, 9.17) is 10.1 Å². The van der Waals surface area contributed by atoms with Crippen LogP contribution in [0.5, 0.6) is 0 Å². The molecule has 28 heavy (non-hydrogen) atoms. The van der Waals surface area contributed by atoms with Gasteiger partial charge in [-0.3, -0.25) is 9.78 Å². The van der Waals surface area contributed by atoms with Crippen LogP contribution in [0.3, 0.4) is 0 Å². The van der Waals surface area contributed by atoms with Crippen LogP contribution in [-0.4, -0.2) is 43.5 Å². The first-order chi connectivity index (χ1) is 13.8. The number of aromatic nitrogens is 4. The molecule has 1 atom stereocenters. The Balaban J connectivity index is 1.37. The first kappa shape index (κ1) is 16.6. The first-order valence-corrected chi connectivity index (χ1v) is 9.39. The lowest BCUT2D eigenvalue weighted by Gasteiger charge is -2.15. The largest absolute Gasteiger partial charge is 0.338 e. The molecular weight excluding hydrogens is 350 g/mol. The molecule has 1 amide bonds. The van der Waals surface area contributed by atoms with E-state index in [2.05, 4.69) is 4.98 Å². The van der Waals surface area contributed by atoms with Crippen molar-refractivity contribution in [3.8, 4) is 11.1 Å². The molecule has 1 aliphatic heterocycles. The van der Waals surface area contributed by atoms with Crippen LogP contribution >= 0.6 is 0 Å². The number of carbonyl (C=O) groups is 1. The highest BCUT2D eigenvalue weighted by molar-refractivity contribution is 5.94. The van der Waals surface area contributed by atoms with Crippen molar-refractivity contribution in [2.75, 3.05) is 13.1 Å². The highest BCUT2D eigenvalue weighted by atomic mass is 16.2. The maximum atomic E-state index is 12.7. The molecule has 0 unspecified atom stereocenters. The van der Waals surface area contributed by atoms with E-state index in [1.165, 1.54) is 0 Å². The van der Waals surface area contributed by atoms with Crippen LogP contribution < -0.4 is 0 Å². The van der Waals surface area contributed by atoms with Gasteiger partial charge < -0.3 is 4.90 Å². The van der Waals surface area contributed by atoms with E-state index >= 15 is 0 Å². The Kier molecular flexibility index (Phi) is 4.09. The monoisotopic (exact) mass is 369 g/mol. The van der Waals surface area contributed by atoms with Crippen LogP contribution in [0.4, 0.5) is 0 Å². The minimum Gasteiger partial charge on any atom is -0.338 e. The summed E-state index contributed by atoms with van der Waals surface area (Å²) >= 11 is 0. The van der Waals surface area contributed by atoms with Crippen LogP contribution in [-0.2, 0) is 0 Å². The van der Waals surface area contributed by atoms with Crippen molar-refractivity contribution < 1.29 is 4.79 Å². The number of rotatable bonds is 3. The van der Waals surface area contributed by atoms with E-state index < -0.39 is 0 Å². The van der Waals surface area contributed by atoms with Gasteiger partial charge in [-0.15, -0.1) is 0 Å². The fourth-order valence-electron chi connectivity index (χ4n) is 3.70. The van der Waals surface area contributed by atoms with Gasteiger partial charge >= 0.3 is 0 Å². The summed E-state index contributed by atoms with van der Waals surface area (Å²) in [5.74, 6) is 1.03. The van der Waals surface area contributed by atoms with E-state index in [1.54, 1.807) is 6.20 Å². The molecule has 0 saturated carbocycles. The molecule has 3 aromatic heterocycles. The van der Waals surface area contributed by atoms with Gasteiger partial charge in [-0.1, -0.05) is 24.3 Å². The second kappa shape index (κ2) is 6.88. The molecule has 6 heteroatoms. The molecule has 4 aromatic rings. The molecule has 1 aromatic carbocycles. The molecular formula is C22H19N5O. The quantitative estimate of drug-likeness (QED) is 0.555.